The zero-order valence-corrected chi connectivity index (χ0v) is 19.7. The number of pyridine rings is 1. The van der Waals surface area contributed by atoms with E-state index < -0.39 is 0 Å². The van der Waals surface area contributed by atoms with Gasteiger partial charge >= 0.3 is 0 Å². The number of nitrogens with two attached hydrogens (primary N) is 2. The molecule has 2 aromatic carbocycles. The number of aryl methyl sites for hydroxylation is 1. The summed E-state index contributed by atoms with van der Waals surface area (Å²) in [6, 6.07) is 9.61. The molecule has 3 aromatic rings. The number of amidine groups is 1. The lowest BCUT2D eigenvalue weighted by molar-refractivity contribution is 0.356. The highest BCUT2D eigenvalue weighted by Crippen LogP contribution is 2.38. The molecule has 1 aliphatic rings. The average molecular weight is 448 g/mol. The summed E-state index contributed by atoms with van der Waals surface area (Å²) in [5, 5.41) is 17.7. The van der Waals surface area contributed by atoms with Crippen LogP contribution in [-0.4, -0.2) is 61.1 Å². The van der Waals surface area contributed by atoms with Crippen molar-refractivity contribution < 1.29 is 2.85 Å². The van der Waals surface area contributed by atoms with Gasteiger partial charge in [-0.3, -0.25) is 5.41 Å². The second kappa shape index (κ2) is 9.19. The van der Waals surface area contributed by atoms with E-state index in [1.165, 1.54) is 17.3 Å². The molecule has 176 valence electrons. The Balaban J connectivity index is 0.00000216. The van der Waals surface area contributed by atoms with Crippen LogP contribution in [0.1, 0.15) is 37.9 Å². The highest BCUT2D eigenvalue weighted by molar-refractivity contribution is 6.13. The summed E-state index contributed by atoms with van der Waals surface area (Å²) in [7, 11) is 6.02. The normalized spacial score (nSPS) is 13.2. The van der Waals surface area contributed by atoms with Crippen LogP contribution in [0.25, 0.3) is 22.2 Å². The molecule has 0 saturated heterocycles. The number of anilines is 2. The molecule has 1 aliphatic carbocycles. The lowest BCUT2D eigenvalue weighted by Crippen LogP contribution is -2.34. The second-order valence-corrected chi connectivity index (χ2v) is 9.11. The molecule has 6 N–H and O–H groups in total. The van der Waals surface area contributed by atoms with Crippen molar-refractivity contribution in [3.8, 4) is 11.3 Å². The van der Waals surface area contributed by atoms with E-state index in [2.05, 4.69) is 4.90 Å². The zero-order valence-electron chi connectivity index (χ0n) is 19.7. The fourth-order valence-corrected chi connectivity index (χ4v) is 4.63. The van der Waals surface area contributed by atoms with Crippen molar-refractivity contribution >= 4 is 34.3 Å². The predicted molar refractivity (Wildman–Crippen MR) is 143 cm³/mol. The fraction of sp³-hybridized carbons (Fsp3) is 0.346. The van der Waals surface area contributed by atoms with Crippen molar-refractivity contribution in [2.24, 2.45) is 0 Å². The van der Waals surface area contributed by atoms with E-state index >= 15 is 0 Å². The molecule has 0 radical (unpaired) electrons. The van der Waals surface area contributed by atoms with Crippen molar-refractivity contribution in [1.82, 2.24) is 14.8 Å². The number of benzene rings is 2. The molecule has 0 aliphatic heterocycles. The van der Waals surface area contributed by atoms with Gasteiger partial charge in [0.15, 0.2) is 0 Å². The van der Waals surface area contributed by atoms with E-state index in [4.69, 9.17) is 27.3 Å². The predicted octanol–water partition coefficient (Wildman–Crippen LogP) is 4.25. The van der Waals surface area contributed by atoms with Crippen LogP contribution in [0, 0.1) is 10.8 Å². The van der Waals surface area contributed by atoms with Gasteiger partial charge in [-0.15, -0.1) is 0 Å². The van der Waals surface area contributed by atoms with Crippen molar-refractivity contribution in [2.75, 3.05) is 45.7 Å². The number of nitrogen functional groups attached to an aromatic ring is 2. The molecule has 0 atom stereocenters. The number of nitrogens with one attached hydrogen (secondary N) is 2. The van der Waals surface area contributed by atoms with Gasteiger partial charge in [0.1, 0.15) is 5.84 Å². The van der Waals surface area contributed by atoms with Gasteiger partial charge in [-0.2, -0.15) is 0 Å². The minimum Gasteiger partial charge on any atom is -0.398 e. The van der Waals surface area contributed by atoms with E-state index in [-0.39, 0.29) is 2.85 Å². The van der Waals surface area contributed by atoms with Gasteiger partial charge < -0.3 is 26.7 Å². The molecule has 1 aromatic heterocycles. The highest BCUT2D eigenvalue weighted by Gasteiger charge is 2.24. The standard InChI is InChI=1S/C26H33N7.2H2/c1-32(2)12-13-33(3)26(30)24-21(29)10-11-22-23(24)18-6-4-5-7-19(18)25(31-22)16-8-9-20(28)17(14-16)15-27;;/h8-11,14-15,27,30H,4-7,12-13,28-29H2,1-3H3;2*1H. The zero-order chi connectivity index (χ0) is 23.7. The first-order valence-electron chi connectivity index (χ1n) is 11.4. The number of fused-ring (bicyclic) bond motifs is 3. The molecule has 4 rings (SSSR count). The first-order valence-corrected chi connectivity index (χ1v) is 11.4. The Morgan fingerprint density at radius 1 is 1.03 bits per heavy atom. The number of nitrogens with zero attached hydrogens (tertiary/aromatic N) is 3. The highest BCUT2D eigenvalue weighted by atomic mass is 15.2. The summed E-state index contributed by atoms with van der Waals surface area (Å²) in [5.41, 5.74) is 20.4. The molecule has 0 amide bonds. The quantitative estimate of drug-likeness (QED) is 0.256. The van der Waals surface area contributed by atoms with Crippen LogP contribution < -0.4 is 11.5 Å². The number of aromatic nitrogens is 1. The van der Waals surface area contributed by atoms with Crippen LogP contribution in [0.15, 0.2) is 30.3 Å². The molecule has 0 saturated carbocycles. The third-order valence-electron chi connectivity index (χ3n) is 6.52. The summed E-state index contributed by atoms with van der Waals surface area (Å²) in [5.74, 6) is 0.431. The van der Waals surface area contributed by atoms with Crippen LogP contribution in [-0.2, 0) is 12.8 Å². The monoisotopic (exact) mass is 447 g/mol. The first-order chi connectivity index (χ1) is 15.8. The maximum Gasteiger partial charge on any atom is 0.130 e. The second-order valence-electron chi connectivity index (χ2n) is 9.11. The fourth-order valence-electron chi connectivity index (χ4n) is 4.63. The molecule has 0 fully saturated rings. The van der Waals surface area contributed by atoms with Crippen molar-refractivity contribution in [2.45, 2.75) is 25.7 Å². The Bertz CT molecular complexity index is 1240. The van der Waals surface area contributed by atoms with Gasteiger partial charge in [0.25, 0.3) is 0 Å². The van der Waals surface area contributed by atoms with Crippen LogP contribution in [0.3, 0.4) is 0 Å². The molecule has 7 nitrogen and oxygen atoms in total. The number of rotatable bonds is 6. The number of hydrogen-bond acceptors (Lipinski definition) is 6. The van der Waals surface area contributed by atoms with E-state index in [9.17, 15) is 0 Å². The molecular formula is C26H37N7. The molecule has 0 unspecified atom stereocenters. The summed E-state index contributed by atoms with van der Waals surface area (Å²) >= 11 is 0. The maximum absolute atomic E-state index is 8.98. The van der Waals surface area contributed by atoms with Crippen LogP contribution in [0.2, 0.25) is 0 Å². The average Bonchev–Trinajstić information content (AvgIpc) is 2.82. The van der Waals surface area contributed by atoms with Gasteiger partial charge in [-0.25, -0.2) is 4.98 Å². The summed E-state index contributed by atoms with van der Waals surface area (Å²) < 4.78 is 0. The van der Waals surface area contributed by atoms with E-state index in [0.717, 1.165) is 66.5 Å². The van der Waals surface area contributed by atoms with Crippen molar-refractivity contribution in [3.63, 3.8) is 0 Å². The third kappa shape index (κ3) is 4.28. The van der Waals surface area contributed by atoms with Gasteiger partial charge in [-0.05, 0) is 75.2 Å². The number of likely N-dealkylation sites (N-methyl/N-ethyl adjacent to an activating group) is 2. The Labute approximate surface area is 198 Å². The molecular weight excluding hydrogens is 410 g/mol. The van der Waals surface area contributed by atoms with Crippen LogP contribution in [0.5, 0.6) is 0 Å². The topological polar surface area (TPSA) is 119 Å². The molecule has 1 heterocycles. The molecule has 7 heteroatoms. The number of hydrogen-bond donors (Lipinski definition) is 4. The first kappa shape index (κ1) is 22.7. The summed E-state index contributed by atoms with van der Waals surface area (Å²) in [6.45, 7) is 1.60. The minimum absolute atomic E-state index is 0. The Morgan fingerprint density at radius 3 is 2.42 bits per heavy atom. The van der Waals surface area contributed by atoms with E-state index in [0.29, 0.717) is 22.8 Å². The maximum atomic E-state index is 8.98. The van der Waals surface area contributed by atoms with Crippen molar-refractivity contribution in [1.29, 1.82) is 10.8 Å². The minimum atomic E-state index is 0. The SMILES string of the molecule is CN(C)CCN(C)C(=N)c1c(N)ccc2nc(-c3ccc(N)c(C=N)c3)c3c(c12)CCCC3.[HH].[HH]. The lowest BCUT2D eigenvalue weighted by Gasteiger charge is -2.27. The van der Waals surface area contributed by atoms with E-state index in [1.54, 1.807) is 0 Å². The molecule has 33 heavy (non-hydrogen) atoms. The van der Waals surface area contributed by atoms with Crippen LogP contribution in [0.4, 0.5) is 11.4 Å². The summed E-state index contributed by atoms with van der Waals surface area (Å²) in [4.78, 5) is 9.16. The van der Waals surface area contributed by atoms with Crippen molar-refractivity contribution in [3.05, 3.63) is 52.6 Å². The largest absolute Gasteiger partial charge is 0.398 e. The van der Waals surface area contributed by atoms with Gasteiger partial charge in [0, 0.05) is 62.7 Å². The summed E-state index contributed by atoms with van der Waals surface area (Å²) in [6.07, 6.45) is 5.39. The van der Waals surface area contributed by atoms with Gasteiger partial charge in [0.2, 0.25) is 0 Å². The molecule has 0 bridgehead atoms. The van der Waals surface area contributed by atoms with Crippen LogP contribution >= 0.6 is 0 Å². The van der Waals surface area contributed by atoms with E-state index in [1.807, 2.05) is 56.4 Å². The third-order valence-corrected chi connectivity index (χ3v) is 6.52. The molecule has 0 spiro atoms. The Kier molecular flexibility index (Phi) is 6.33. The van der Waals surface area contributed by atoms with Gasteiger partial charge in [0.05, 0.1) is 11.2 Å². The Hall–Kier alpha value is -3.45. The smallest absolute Gasteiger partial charge is 0.130 e. The lowest BCUT2D eigenvalue weighted by atomic mass is 9.84. The Morgan fingerprint density at radius 2 is 1.73 bits per heavy atom. The van der Waals surface area contributed by atoms with Gasteiger partial charge in [-0.1, -0.05) is 6.07 Å².